The molecule has 0 atom stereocenters. The topological polar surface area (TPSA) is 74.6 Å². The quantitative estimate of drug-likeness (QED) is 0.363. The smallest absolute Gasteiger partial charge is 0.264 e. The van der Waals surface area contributed by atoms with Gasteiger partial charge >= 0.3 is 48.2 Å². The summed E-state index contributed by atoms with van der Waals surface area (Å²) >= 11 is 1.13. The summed E-state index contributed by atoms with van der Waals surface area (Å²) in [6, 6.07) is 0. The van der Waals surface area contributed by atoms with Gasteiger partial charge in [0.2, 0.25) is 0 Å². The Morgan fingerprint density at radius 1 is 1.50 bits per heavy atom. The summed E-state index contributed by atoms with van der Waals surface area (Å²) in [4.78, 5) is 0. The summed E-state index contributed by atoms with van der Waals surface area (Å²) in [5.74, 6) is 0. The average Bonchev–Trinajstić information content (AvgIpc) is 1.27. The van der Waals surface area contributed by atoms with E-state index in [0.717, 1.165) is 27.9 Å². The Morgan fingerprint density at radius 3 is 1.50 bits per heavy atom. The van der Waals surface area contributed by atoms with Crippen LogP contribution < -0.4 is 0 Å². The molecule has 2 N–H and O–H groups in total. The molecule has 8 heavy (non-hydrogen) atoms. The Hall–Kier alpha value is 0.610. The van der Waals surface area contributed by atoms with E-state index in [4.69, 9.17) is 17.5 Å². The molecule has 0 spiro atoms. The van der Waals surface area contributed by atoms with Crippen molar-refractivity contribution >= 4 is 38.3 Å². The predicted octanol–water partition coefficient (Wildman–Crippen LogP) is -0.354. The van der Waals surface area contributed by atoms with E-state index in [0.29, 0.717) is 0 Å². The second kappa shape index (κ2) is 5.74. The summed E-state index contributed by atoms with van der Waals surface area (Å²) in [6.45, 7) is 3.42. The molecule has 0 aromatic heterocycles. The molecule has 0 radical (unpaired) electrons. The molecule has 0 amide bonds. The van der Waals surface area contributed by atoms with Gasteiger partial charge in [0, 0.05) is 0 Å². The zero-order chi connectivity index (χ0) is 7.21. The SMILES string of the molecule is C=[CH][Na].O=S(=O)(O)O. The minimum atomic E-state index is -4.67. The molecular weight excluding hydrogens is 143 g/mol. The van der Waals surface area contributed by atoms with Gasteiger partial charge in [-0.3, -0.25) is 9.11 Å². The Morgan fingerprint density at radius 2 is 1.50 bits per heavy atom. The maximum absolute atomic E-state index is 8.74. The van der Waals surface area contributed by atoms with Gasteiger partial charge in [-0.2, -0.15) is 8.42 Å². The van der Waals surface area contributed by atoms with Crippen LogP contribution in [0.4, 0.5) is 0 Å². The van der Waals surface area contributed by atoms with E-state index in [1.807, 2.05) is 3.33 Å². The van der Waals surface area contributed by atoms with Crippen molar-refractivity contribution in [3.8, 4) is 0 Å². The molecule has 0 fully saturated rings. The molecule has 0 aliphatic heterocycles. The van der Waals surface area contributed by atoms with Crippen molar-refractivity contribution in [3.63, 3.8) is 0 Å². The van der Waals surface area contributed by atoms with Crippen molar-refractivity contribution in [1.82, 2.24) is 0 Å². The first-order valence-corrected chi connectivity index (χ1v) is 4.24. The molecule has 0 unspecified atom stereocenters. The summed E-state index contributed by atoms with van der Waals surface area (Å²) < 4.78 is 33.5. The fourth-order valence-corrected chi connectivity index (χ4v) is 0. The third kappa shape index (κ3) is 559. The van der Waals surface area contributed by atoms with E-state index in [1.54, 1.807) is 0 Å². The molecular formula is C2H5NaO4S. The summed E-state index contributed by atoms with van der Waals surface area (Å²) in [5.41, 5.74) is 0. The minimum Gasteiger partial charge on any atom is -0.264 e. The number of hydrogen-bond donors (Lipinski definition) is 2. The Balaban J connectivity index is 0. The molecule has 44 valence electrons. The molecule has 0 rings (SSSR count). The summed E-state index contributed by atoms with van der Waals surface area (Å²) in [5, 5.41) is 0. The van der Waals surface area contributed by atoms with Gasteiger partial charge in [0.15, 0.2) is 0 Å². The van der Waals surface area contributed by atoms with Crippen molar-refractivity contribution in [2.75, 3.05) is 0 Å². The first-order valence-electron chi connectivity index (χ1n) is 1.68. The number of rotatable bonds is 0. The van der Waals surface area contributed by atoms with Gasteiger partial charge in [0.05, 0.1) is 0 Å². The largest absolute Gasteiger partial charge is 0.394 e. The van der Waals surface area contributed by atoms with Crippen molar-refractivity contribution in [1.29, 1.82) is 0 Å². The van der Waals surface area contributed by atoms with Gasteiger partial charge < -0.3 is 0 Å². The van der Waals surface area contributed by atoms with Gasteiger partial charge in [-0.15, -0.1) is 0 Å². The van der Waals surface area contributed by atoms with Crippen LogP contribution in [0.5, 0.6) is 0 Å². The van der Waals surface area contributed by atoms with Gasteiger partial charge in [-0.25, -0.2) is 0 Å². The third-order valence-electron chi connectivity index (χ3n) is 0. The van der Waals surface area contributed by atoms with Crippen LogP contribution in [0.2, 0.25) is 0 Å². The van der Waals surface area contributed by atoms with Gasteiger partial charge in [0.25, 0.3) is 0 Å². The van der Waals surface area contributed by atoms with Crippen LogP contribution in [0, 0.1) is 0 Å². The van der Waals surface area contributed by atoms with Crippen LogP contribution in [0.15, 0.2) is 9.90 Å². The zero-order valence-electron chi connectivity index (χ0n) is 4.40. The standard InChI is InChI=1S/C2H3.Na.H2O4S/c1-2;;1-5(2,3)4/h1H,2H2;;(H2,1,2,3,4). The van der Waals surface area contributed by atoms with Crippen LogP contribution in [0.25, 0.3) is 0 Å². The first kappa shape index (κ1) is 11.4. The second-order valence-electron chi connectivity index (χ2n) is 0.856. The second-order valence-corrected chi connectivity index (χ2v) is 2.57. The number of hydrogen-bond acceptors (Lipinski definition) is 2. The van der Waals surface area contributed by atoms with Gasteiger partial charge in [0.1, 0.15) is 0 Å². The van der Waals surface area contributed by atoms with Gasteiger partial charge in [-0.05, 0) is 0 Å². The summed E-state index contributed by atoms with van der Waals surface area (Å²) in [6.07, 6.45) is 0. The Labute approximate surface area is 65.6 Å². The van der Waals surface area contributed by atoms with E-state index in [2.05, 4.69) is 6.58 Å². The van der Waals surface area contributed by atoms with E-state index < -0.39 is 10.4 Å². The van der Waals surface area contributed by atoms with Crippen LogP contribution >= 0.6 is 0 Å². The van der Waals surface area contributed by atoms with Crippen molar-refractivity contribution in [2.45, 2.75) is 0 Å². The fourth-order valence-electron chi connectivity index (χ4n) is 0. The monoisotopic (exact) mass is 148 g/mol. The average molecular weight is 148 g/mol. The molecule has 0 aliphatic carbocycles. The third-order valence-corrected chi connectivity index (χ3v) is 0. The maximum atomic E-state index is 8.74. The summed E-state index contributed by atoms with van der Waals surface area (Å²) in [7, 11) is -4.67. The van der Waals surface area contributed by atoms with Gasteiger partial charge in [-0.1, -0.05) is 0 Å². The Bertz CT molecular complexity index is 128. The molecule has 0 heterocycles. The molecule has 4 nitrogen and oxygen atoms in total. The van der Waals surface area contributed by atoms with E-state index >= 15 is 0 Å². The first-order chi connectivity index (χ1) is 3.41. The zero-order valence-corrected chi connectivity index (χ0v) is 7.22. The molecule has 0 saturated heterocycles. The molecule has 0 aliphatic rings. The van der Waals surface area contributed by atoms with Crippen molar-refractivity contribution < 1.29 is 17.5 Å². The minimum absolute atomic E-state index is 1.13. The predicted molar refractivity (Wildman–Crippen MR) is 30.1 cm³/mol. The normalized spacial score (nSPS) is 9.00. The maximum Gasteiger partial charge on any atom is 0.394 e. The Kier molecular flexibility index (Phi) is 8.19. The van der Waals surface area contributed by atoms with E-state index in [-0.39, 0.29) is 0 Å². The van der Waals surface area contributed by atoms with Crippen LogP contribution in [-0.2, 0) is 10.4 Å². The van der Waals surface area contributed by atoms with Crippen molar-refractivity contribution in [2.24, 2.45) is 0 Å². The van der Waals surface area contributed by atoms with Crippen LogP contribution in [0.1, 0.15) is 0 Å². The van der Waals surface area contributed by atoms with Crippen LogP contribution in [0.3, 0.4) is 0 Å². The van der Waals surface area contributed by atoms with E-state index in [9.17, 15) is 0 Å². The molecule has 6 heteroatoms. The fraction of sp³-hybridized carbons (Fsp3) is 0. The molecule has 0 bridgehead atoms. The molecule has 0 saturated carbocycles. The van der Waals surface area contributed by atoms with E-state index in [1.165, 1.54) is 0 Å². The molecule has 0 aromatic rings. The van der Waals surface area contributed by atoms with Crippen molar-refractivity contribution in [3.05, 3.63) is 9.90 Å². The molecule has 0 aromatic carbocycles. The van der Waals surface area contributed by atoms with Crippen LogP contribution in [-0.4, -0.2) is 45.5 Å².